The standard InChI is InChI=1S/C13H19N5OS/c1-4-15-13-16-11(18(5-2)7-10(14)19)9-6-8(3)20-12(9)17-13/h6H,4-5,7H2,1-3H3,(H2,14,19)(H,15,16,17). The predicted octanol–water partition coefficient (Wildman–Crippen LogP) is 1.74. The van der Waals surface area contributed by atoms with Crippen LogP contribution in [-0.4, -0.2) is 35.5 Å². The topological polar surface area (TPSA) is 84.1 Å². The van der Waals surface area contributed by atoms with Gasteiger partial charge in [0.25, 0.3) is 0 Å². The van der Waals surface area contributed by atoms with Gasteiger partial charge in [-0.3, -0.25) is 4.79 Å². The number of carbonyl (C=O) groups is 1. The summed E-state index contributed by atoms with van der Waals surface area (Å²) in [4.78, 5) is 24.2. The maximum Gasteiger partial charge on any atom is 0.236 e. The van der Waals surface area contributed by atoms with E-state index in [1.165, 1.54) is 4.88 Å². The summed E-state index contributed by atoms with van der Waals surface area (Å²) in [5.41, 5.74) is 5.32. The summed E-state index contributed by atoms with van der Waals surface area (Å²) in [5.74, 6) is 0.979. The van der Waals surface area contributed by atoms with Crippen LogP contribution in [0.15, 0.2) is 6.07 Å². The van der Waals surface area contributed by atoms with Gasteiger partial charge in [0.1, 0.15) is 10.6 Å². The number of amides is 1. The Kier molecular flexibility index (Phi) is 4.39. The molecule has 3 N–H and O–H groups in total. The highest BCUT2D eigenvalue weighted by Crippen LogP contribution is 2.31. The largest absolute Gasteiger partial charge is 0.368 e. The molecule has 6 nitrogen and oxygen atoms in total. The van der Waals surface area contributed by atoms with Crippen LogP contribution in [0.3, 0.4) is 0 Å². The normalized spacial score (nSPS) is 10.8. The zero-order valence-corrected chi connectivity index (χ0v) is 12.8. The van der Waals surface area contributed by atoms with E-state index < -0.39 is 0 Å². The molecule has 0 aliphatic heterocycles. The van der Waals surface area contributed by atoms with E-state index in [1.807, 2.05) is 25.7 Å². The molecule has 0 saturated heterocycles. The molecule has 2 aromatic heterocycles. The van der Waals surface area contributed by atoms with Gasteiger partial charge >= 0.3 is 0 Å². The minimum Gasteiger partial charge on any atom is -0.368 e. The number of nitrogens with two attached hydrogens (primary N) is 1. The van der Waals surface area contributed by atoms with Crippen LogP contribution in [0.5, 0.6) is 0 Å². The molecule has 0 fully saturated rings. The van der Waals surface area contributed by atoms with Gasteiger partial charge in [0, 0.05) is 18.0 Å². The second kappa shape index (κ2) is 6.04. The number of rotatable bonds is 6. The lowest BCUT2D eigenvalue weighted by Gasteiger charge is -2.21. The number of primary amides is 1. The lowest BCUT2D eigenvalue weighted by atomic mass is 10.3. The third-order valence-corrected chi connectivity index (χ3v) is 3.80. The van der Waals surface area contributed by atoms with E-state index in [9.17, 15) is 4.79 Å². The van der Waals surface area contributed by atoms with Crippen LogP contribution in [-0.2, 0) is 4.79 Å². The fraction of sp³-hybridized carbons (Fsp3) is 0.462. The van der Waals surface area contributed by atoms with Crippen LogP contribution in [0.25, 0.3) is 10.2 Å². The first-order valence-corrected chi connectivity index (χ1v) is 7.42. The first-order valence-electron chi connectivity index (χ1n) is 6.60. The van der Waals surface area contributed by atoms with Gasteiger partial charge < -0.3 is 16.0 Å². The van der Waals surface area contributed by atoms with Crippen LogP contribution >= 0.6 is 11.3 Å². The second-order valence-corrected chi connectivity index (χ2v) is 5.69. The van der Waals surface area contributed by atoms with E-state index in [1.54, 1.807) is 11.3 Å². The zero-order chi connectivity index (χ0) is 14.7. The van der Waals surface area contributed by atoms with Crippen molar-refractivity contribution >= 4 is 39.2 Å². The maximum atomic E-state index is 11.2. The van der Waals surface area contributed by atoms with Gasteiger partial charge in [-0.05, 0) is 26.8 Å². The Labute approximate surface area is 122 Å². The Hall–Kier alpha value is -1.89. The Morgan fingerprint density at radius 2 is 2.20 bits per heavy atom. The highest BCUT2D eigenvalue weighted by atomic mass is 32.1. The van der Waals surface area contributed by atoms with Gasteiger partial charge in [0.2, 0.25) is 11.9 Å². The number of anilines is 2. The predicted molar refractivity (Wildman–Crippen MR) is 83.4 cm³/mol. The molecule has 0 radical (unpaired) electrons. The number of likely N-dealkylation sites (N-methyl/N-ethyl adjacent to an activating group) is 1. The number of aromatic nitrogens is 2. The van der Waals surface area contributed by atoms with Gasteiger partial charge in [-0.2, -0.15) is 4.98 Å². The lowest BCUT2D eigenvalue weighted by Crippen LogP contribution is -2.34. The SMILES string of the molecule is CCNc1nc(N(CC)CC(N)=O)c2cc(C)sc2n1. The molecule has 0 spiro atoms. The monoisotopic (exact) mass is 293 g/mol. The van der Waals surface area contributed by atoms with Crippen LogP contribution in [0.4, 0.5) is 11.8 Å². The van der Waals surface area contributed by atoms with E-state index >= 15 is 0 Å². The van der Waals surface area contributed by atoms with Crippen molar-refractivity contribution in [1.82, 2.24) is 9.97 Å². The highest BCUT2D eigenvalue weighted by Gasteiger charge is 2.16. The molecule has 2 rings (SSSR count). The molecule has 2 aromatic rings. The lowest BCUT2D eigenvalue weighted by molar-refractivity contribution is -0.116. The average molecular weight is 293 g/mol. The number of hydrogen-bond donors (Lipinski definition) is 2. The summed E-state index contributed by atoms with van der Waals surface area (Å²) in [6.07, 6.45) is 0. The second-order valence-electron chi connectivity index (χ2n) is 4.46. The number of aryl methyl sites for hydroxylation is 1. The minimum absolute atomic E-state index is 0.156. The first kappa shape index (κ1) is 14.5. The van der Waals surface area contributed by atoms with E-state index in [2.05, 4.69) is 21.4 Å². The van der Waals surface area contributed by atoms with E-state index in [0.29, 0.717) is 12.5 Å². The van der Waals surface area contributed by atoms with Crippen LogP contribution in [0, 0.1) is 6.92 Å². The fourth-order valence-electron chi connectivity index (χ4n) is 2.03. The van der Waals surface area contributed by atoms with Crippen LogP contribution in [0.1, 0.15) is 18.7 Å². The van der Waals surface area contributed by atoms with Crippen molar-refractivity contribution in [3.05, 3.63) is 10.9 Å². The molecule has 7 heteroatoms. The number of carbonyl (C=O) groups excluding carboxylic acids is 1. The molecule has 0 aliphatic rings. The molecule has 108 valence electrons. The van der Waals surface area contributed by atoms with Crippen molar-refractivity contribution in [1.29, 1.82) is 0 Å². The maximum absolute atomic E-state index is 11.2. The summed E-state index contributed by atoms with van der Waals surface area (Å²) < 4.78 is 0. The van der Waals surface area contributed by atoms with E-state index in [0.717, 1.165) is 22.6 Å². The van der Waals surface area contributed by atoms with E-state index in [4.69, 9.17) is 5.73 Å². The van der Waals surface area contributed by atoms with Crippen molar-refractivity contribution in [2.75, 3.05) is 29.9 Å². The molecule has 0 bridgehead atoms. The molecule has 20 heavy (non-hydrogen) atoms. The van der Waals surface area contributed by atoms with Crippen LogP contribution in [0.2, 0.25) is 0 Å². The van der Waals surface area contributed by atoms with Gasteiger partial charge in [-0.15, -0.1) is 11.3 Å². The van der Waals surface area contributed by atoms with Crippen LogP contribution < -0.4 is 16.0 Å². The summed E-state index contributed by atoms with van der Waals surface area (Å²) >= 11 is 1.62. The number of nitrogens with zero attached hydrogens (tertiary/aromatic N) is 3. The van der Waals surface area contributed by atoms with Gasteiger partial charge in [-0.25, -0.2) is 4.98 Å². The Morgan fingerprint density at radius 1 is 1.45 bits per heavy atom. The number of nitrogens with one attached hydrogen (secondary N) is 1. The van der Waals surface area contributed by atoms with Gasteiger partial charge in [-0.1, -0.05) is 0 Å². The fourth-order valence-corrected chi connectivity index (χ4v) is 2.90. The molecule has 0 unspecified atom stereocenters. The van der Waals surface area contributed by atoms with Crippen molar-refractivity contribution in [2.45, 2.75) is 20.8 Å². The third kappa shape index (κ3) is 2.98. The summed E-state index contributed by atoms with van der Waals surface area (Å²) in [6, 6.07) is 2.05. The van der Waals surface area contributed by atoms with Gasteiger partial charge in [0.15, 0.2) is 0 Å². The molecule has 0 aliphatic carbocycles. The number of fused-ring (bicyclic) bond motifs is 1. The number of thiophene rings is 1. The quantitative estimate of drug-likeness (QED) is 0.847. The summed E-state index contributed by atoms with van der Waals surface area (Å²) in [6.45, 7) is 7.57. The van der Waals surface area contributed by atoms with Crippen molar-refractivity contribution in [2.24, 2.45) is 5.73 Å². The Bertz CT molecular complexity index is 624. The molecule has 0 atom stereocenters. The zero-order valence-electron chi connectivity index (χ0n) is 11.9. The minimum atomic E-state index is -0.365. The summed E-state index contributed by atoms with van der Waals surface area (Å²) in [5, 5.41) is 4.09. The Morgan fingerprint density at radius 3 is 2.80 bits per heavy atom. The molecular formula is C13H19N5OS. The Balaban J connectivity index is 2.55. The van der Waals surface area contributed by atoms with Crippen molar-refractivity contribution < 1.29 is 4.79 Å². The third-order valence-electron chi connectivity index (χ3n) is 2.86. The molecule has 2 heterocycles. The average Bonchev–Trinajstić information content (AvgIpc) is 2.75. The van der Waals surface area contributed by atoms with Gasteiger partial charge in [0.05, 0.1) is 11.9 Å². The van der Waals surface area contributed by atoms with Crippen molar-refractivity contribution in [3.63, 3.8) is 0 Å². The first-order chi connectivity index (χ1) is 9.55. The molecule has 0 aromatic carbocycles. The molecule has 1 amide bonds. The van der Waals surface area contributed by atoms with Crippen molar-refractivity contribution in [3.8, 4) is 0 Å². The molecule has 0 saturated carbocycles. The number of hydrogen-bond acceptors (Lipinski definition) is 6. The smallest absolute Gasteiger partial charge is 0.236 e. The van der Waals surface area contributed by atoms with E-state index in [-0.39, 0.29) is 12.5 Å². The summed E-state index contributed by atoms with van der Waals surface area (Å²) in [7, 11) is 0. The highest BCUT2D eigenvalue weighted by molar-refractivity contribution is 7.18. The molecular weight excluding hydrogens is 274 g/mol.